The number of piperidine rings is 1. The van der Waals surface area contributed by atoms with Gasteiger partial charge in [-0.1, -0.05) is 35.9 Å². The minimum atomic E-state index is -4.02. The van der Waals surface area contributed by atoms with Crippen molar-refractivity contribution in [1.82, 2.24) is 9.62 Å². The molecular weight excluding hydrogens is 631 g/mol. The summed E-state index contributed by atoms with van der Waals surface area (Å²) < 4.78 is 97.5. The predicted octanol–water partition coefficient (Wildman–Crippen LogP) is 4.35. The lowest BCUT2D eigenvalue weighted by Gasteiger charge is -2.41. The lowest BCUT2D eigenvalue weighted by molar-refractivity contribution is -0.136. The fourth-order valence-electron chi connectivity index (χ4n) is 5.93. The monoisotopic (exact) mass is 667 g/mol. The molecule has 0 aliphatic carbocycles. The summed E-state index contributed by atoms with van der Waals surface area (Å²) in [4.78, 5) is 14.8. The smallest absolute Gasteiger partial charge is 0.294 e. The summed E-state index contributed by atoms with van der Waals surface area (Å²) in [6.45, 7) is 1.85. The second-order valence-electron chi connectivity index (χ2n) is 11.4. The third-order valence-corrected chi connectivity index (χ3v) is 10.6. The summed E-state index contributed by atoms with van der Waals surface area (Å²) in [6.07, 6.45) is 3.08. The van der Waals surface area contributed by atoms with Crippen molar-refractivity contribution in [2.45, 2.75) is 73.4 Å². The number of carbonyl (C=O) groups excluding carboxylic acids is 1. The number of nitrogens with one attached hydrogen (secondary N) is 1. The molecule has 45 heavy (non-hydrogen) atoms. The number of hydrogen-bond donors (Lipinski definition) is 3. The number of aryl methyl sites for hydroxylation is 1. The second kappa shape index (κ2) is 14.4. The second-order valence-corrected chi connectivity index (χ2v) is 14.6. The summed E-state index contributed by atoms with van der Waals surface area (Å²) in [5.74, 6) is -3.24. The van der Waals surface area contributed by atoms with Gasteiger partial charge >= 0.3 is 0 Å². The third kappa shape index (κ3) is 8.91. The van der Waals surface area contributed by atoms with Crippen LogP contribution in [0, 0.1) is 30.3 Å². The molecule has 0 unspecified atom stereocenters. The molecule has 0 spiro atoms. The van der Waals surface area contributed by atoms with E-state index in [9.17, 15) is 34.8 Å². The molecule has 0 saturated carbocycles. The van der Waals surface area contributed by atoms with Crippen LogP contribution in [0.4, 0.5) is 13.2 Å². The van der Waals surface area contributed by atoms with E-state index in [1.807, 2.05) is 11.8 Å². The van der Waals surface area contributed by atoms with Crippen LogP contribution >= 0.6 is 0 Å². The van der Waals surface area contributed by atoms with Crippen molar-refractivity contribution in [3.05, 3.63) is 95.3 Å². The van der Waals surface area contributed by atoms with Gasteiger partial charge in [0.25, 0.3) is 10.1 Å². The van der Waals surface area contributed by atoms with E-state index in [-0.39, 0.29) is 58.6 Å². The van der Waals surface area contributed by atoms with Crippen LogP contribution in [0.3, 0.4) is 0 Å². The summed E-state index contributed by atoms with van der Waals surface area (Å²) >= 11 is 0. The van der Waals surface area contributed by atoms with Crippen LogP contribution < -0.4 is 10.5 Å². The van der Waals surface area contributed by atoms with Crippen molar-refractivity contribution in [1.29, 1.82) is 0 Å². The number of sulfonamides is 1. The van der Waals surface area contributed by atoms with Gasteiger partial charge in [-0.2, -0.15) is 8.42 Å². The summed E-state index contributed by atoms with van der Waals surface area (Å²) in [7, 11) is -7.69. The van der Waals surface area contributed by atoms with E-state index in [4.69, 9.17) is 10.3 Å². The summed E-state index contributed by atoms with van der Waals surface area (Å²) in [6, 6.07) is 14.9. The lowest BCUT2D eigenvalue weighted by Crippen LogP contribution is -2.50. The largest absolute Gasteiger partial charge is 0.337 e. The molecule has 9 nitrogen and oxygen atoms in total. The zero-order chi connectivity index (χ0) is 32.9. The molecule has 2 aliphatic heterocycles. The quantitative estimate of drug-likeness (QED) is 0.227. The molecule has 0 radical (unpaired) electrons. The first-order valence-electron chi connectivity index (χ1n) is 14.4. The van der Waals surface area contributed by atoms with Gasteiger partial charge in [0.2, 0.25) is 15.9 Å². The number of nitrogens with two attached hydrogens (primary N) is 1. The van der Waals surface area contributed by atoms with Gasteiger partial charge in [-0.3, -0.25) is 9.35 Å². The Bertz CT molecular complexity index is 1690. The topological polar surface area (TPSA) is 147 Å². The molecule has 2 heterocycles. The molecular formula is C31H36F3N3O6S2. The average Bonchev–Trinajstić information content (AvgIpc) is 3.25. The number of halogens is 3. The highest BCUT2D eigenvalue weighted by Crippen LogP contribution is 2.40. The molecule has 2 bridgehead atoms. The molecule has 3 aromatic carbocycles. The van der Waals surface area contributed by atoms with Crippen molar-refractivity contribution in [2.24, 2.45) is 11.7 Å². The van der Waals surface area contributed by atoms with Crippen LogP contribution in [0.25, 0.3) is 0 Å². The van der Waals surface area contributed by atoms with Gasteiger partial charge in [-0.15, -0.1) is 0 Å². The van der Waals surface area contributed by atoms with Crippen molar-refractivity contribution >= 4 is 26.0 Å². The summed E-state index contributed by atoms with van der Waals surface area (Å²) in [5.41, 5.74) is 7.33. The maximum Gasteiger partial charge on any atom is 0.294 e. The number of nitrogens with zero attached hydrogens (tertiary/aromatic N) is 1. The molecule has 14 heteroatoms. The Balaban J connectivity index is 0.000000354. The first-order valence-corrected chi connectivity index (χ1v) is 17.4. The van der Waals surface area contributed by atoms with Crippen LogP contribution in [0.5, 0.6) is 0 Å². The lowest BCUT2D eigenvalue weighted by atomic mass is 9.82. The maximum atomic E-state index is 14.0. The molecule has 2 aliphatic rings. The standard InChI is InChI=1S/C24H28F3N3O3S.C7H8O3S/c25-20-14-22(27)21(26)12-15(20)13-23(28)16-10-17-6-7-18(11-16)30(17)24(31)8-9-29-34(32,33)19-4-2-1-3-5-19;1-6-2-4-7(5-3-6)11(8,9)10/h1-5,12,14,16-18,23,29H,6-11,13,28H2;2-5H,1H3,(H,8,9,10)/t16-,17-,18+,23-;/m1./s1. The van der Waals surface area contributed by atoms with Crippen molar-refractivity contribution < 1.29 is 39.4 Å². The molecule has 244 valence electrons. The number of rotatable bonds is 9. The van der Waals surface area contributed by atoms with E-state index < -0.39 is 43.6 Å². The van der Waals surface area contributed by atoms with Gasteiger partial charge < -0.3 is 10.6 Å². The number of benzene rings is 3. The minimum Gasteiger partial charge on any atom is -0.337 e. The normalized spacial score (nSPS) is 20.3. The van der Waals surface area contributed by atoms with E-state index in [1.165, 1.54) is 24.3 Å². The minimum absolute atomic E-state index is 0.00432. The van der Waals surface area contributed by atoms with Crippen LogP contribution in [-0.2, 0) is 31.4 Å². The molecule has 3 aromatic rings. The van der Waals surface area contributed by atoms with Crippen molar-refractivity contribution in [2.75, 3.05) is 6.54 Å². The van der Waals surface area contributed by atoms with E-state index >= 15 is 0 Å². The number of hydrogen-bond acceptors (Lipinski definition) is 6. The van der Waals surface area contributed by atoms with E-state index in [1.54, 1.807) is 30.3 Å². The van der Waals surface area contributed by atoms with Crippen molar-refractivity contribution in [3.63, 3.8) is 0 Å². The van der Waals surface area contributed by atoms with E-state index in [0.717, 1.165) is 24.5 Å². The Morgan fingerprint density at radius 1 is 0.911 bits per heavy atom. The average molecular weight is 668 g/mol. The van der Waals surface area contributed by atoms with Gasteiger partial charge in [0, 0.05) is 37.2 Å². The fraction of sp³-hybridized carbons (Fsp3) is 0.387. The zero-order valence-electron chi connectivity index (χ0n) is 24.6. The highest BCUT2D eigenvalue weighted by Gasteiger charge is 2.44. The van der Waals surface area contributed by atoms with Gasteiger partial charge in [0.15, 0.2) is 11.6 Å². The van der Waals surface area contributed by atoms with Crippen LogP contribution in [-0.4, -0.2) is 56.9 Å². The van der Waals surface area contributed by atoms with Crippen LogP contribution in [0.15, 0.2) is 76.5 Å². The van der Waals surface area contributed by atoms with Crippen LogP contribution in [0.1, 0.15) is 43.2 Å². The van der Waals surface area contributed by atoms with Gasteiger partial charge in [0.1, 0.15) is 5.82 Å². The van der Waals surface area contributed by atoms with Gasteiger partial charge in [-0.05, 0) is 80.8 Å². The highest BCUT2D eigenvalue weighted by atomic mass is 32.2. The summed E-state index contributed by atoms with van der Waals surface area (Å²) in [5, 5.41) is 0. The molecule has 2 saturated heterocycles. The molecule has 1 amide bonds. The number of carbonyl (C=O) groups is 1. The maximum absolute atomic E-state index is 14.0. The van der Waals surface area contributed by atoms with Crippen molar-refractivity contribution in [3.8, 4) is 0 Å². The molecule has 4 N–H and O–H groups in total. The zero-order valence-corrected chi connectivity index (χ0v) is 26.2. The third-order valence-electron chi connectivity index (χ3n) is 8.21. The van der Waals surface area contributed by atoms with E-state index in [0.29, 0.717) is 18.9 Å². The Hall–Kier alpha value is -3.30. The molecule has 0 aromatic heterocycles. The Morgan fingerprint density at radius 3 is 2.07 bits per heavy atom. The fourth-order valence-corrected chi connectivity index (χ4v) is 7.46. The molecule has 4 atom stereocenters. The van der Waals surface area contributed by atoms with E-state index in [2.05, 4.69) is 4.72 Å². The first kappa shape index (κ1) is 34.6. The Labute approximate surface area is 261 Å². The number of amides is 1. The number of fused-ring (bicyclic) bond motifs is 2. The van der Waals surface area contributed by atoms with Crippen LogP contribution in [0.2, 0.25) is 0 Å². The van der Waals surface area contributed by atoms with Gasteiger partial charge in [0.05, 0.1) is 9.79 Å². The highest BCUT2D eigenvalue weighted by molar-refractivity contribution is 7.89. The first-order chi connectivity index (χ1) is 21.2. The molecule has 2 fully saturated rings. The van der Waals surface area contributed by atoms with Gasteiger partial charge in [-0.25, -0.2) is 26.3 Å². The SMILES string of the molecule is Cc1ccc(S(=O)(=O)O)cc1.N[C@H](Cc1cc(F)c(F)cc1F)[C@@H]1C[C@H]2CC[C@@H](C1)N2C(=O)CCNS(=O)(=O)c1ccccc1. The Kier molecular flexibility index (Phi) is 11.1. The molecule has 5 rings (SSSR count). The predicted molar refractivity (Wildman–Crippen MR) is 162 cm³/mol. The Morgan fingerprint density at radius 2 is 1.49 bits per heavy atom.